The summed E-state index contributed by atoms with van der Waals surface area (Å²) in [7, 11) is 0. The van der Waals surface area contributed by atoms with Crippen molar-refractivity contribution < 1.29 is 19.4 Å². The standard InChI is InChI=1S/C9H16N2O4/c1-6(2)11(5-8(12)13)4-7-3-10-9(14)15-7/h6-7H,3-5H2,1-2H3,(H,10,14)(H,12,13). The fourth-order valence-electron chi connectivity index (χ4n) is 1.43. The van der Waals surface area contributed by atoms with Gasteiger partial charge in [0, 0.05) is 12.6 Å². The summed E-state index contributed by atoms with van der Waals surface area (Å²) in [5.74, 6) is -0.874. The van der Waals surface area contributed by atoms with Crippen LogP contribution in [-0.4, -0.2) is 53.8 Å². The Bertz CT molecular complexity index is 254. The highest BCUT2D eigenvalue weighted by Gasteiger charge is 2.26. The first-order valence-electron chi connectivity index (χ1n) is 4.89. The molecule has 0 aliphatic carbocycles. The molecule has 15 heavy (non-hydrogen) atoms. The third-order valence-corrected chi connectivity index (χ3v) is 2.25. The number of ether oxygens (including phenoxy) is 1. The van der Waals surface area contributed by atoms with Crippen LogP contribution in [0.3, 0.4) is 0 Å². The second-order valence-electron chi connectivity index (χ2n) is 3.83. The minimum Gasteiger partial charge on any atom is -0.480 e. The lowest BCUT2D eigenvalue weighted by molar-refractivity contribution is -0.139. The molecule has 2 N–H and O–H groups in total. The lowest BCUT2D eigenvalue weighted by Gasteiger charge is -2.26. The summed E-state index contributed by atoms with van der Waals surface area (Å²) < 4.78 is 4.94. The summed E-state index contributed by atoms with van der Waals surface area (Å²) in [6, 6.07) is 0.111. The zero-order valence-electron chi connectivity index (χ0n) is 8.90. The van der Waals surface area contributed by atoms with Gasteiger partial charge in [-0.3, -0.25) is 9.69 Å². The lowest BCUT2D eigenvalue weighted by Crippen LogP contribution is -2.41. The van der Waals surface area contributed by atoms with Crippen molar-refractivity contribution >= 4 is 12.1 Å². The van der Waals surface area contributed by atoms with Crippen LogP contribution in [0.15, 0.2) is 0 Å². The number of nitrogens with zero attached hydrogens (tertiary/aromatic N) is 1. The molecule has 1 rings (SSSR count). The summed E-state index contributed by atoms with van der Waals surface area (Å²) in [6.45, 7) is 4.68. The molecule has 1 unspecified atom stereocenters. The molecular formula is C9H16N2O4. The Morgan fingerprint density at radius 3 is 2.80 bits per heavy atom. The Hall–Kier alpha value is -1.30. The van der Waals surface area contributed by atoms with Crippen molar-refractivity contribution in [3.05, 3.63) is 0 Å². The Balaban J connectivity index is 2.43. The number of rotatable bonds is 5. The van der Waals surface area contributed by atoms with Crippen molar-refractivity contribution in [2.75, 3.05) is 19.6 Å². The highest BCUT2D eigenvalue weighted by molar-refractivity contribution is 5.70. The van der Waals surface area contributed by atoms with Gasteiger partial charge in [-0.2, -0.15) is 0 Å². The van der Waals surface area contributed by atoms with Crippen molar-refractivity contribution in [1.82, 2.24) is 10.2 Å². The van der Waals surface area contributed by atoms with Crippen LogP contribution >= 0.6 is 0 Å². The third-order valence-electron chi connectivity index (χ3n) is 2.25. The molecule has 86 valence electrons. The number of carboxylic acids is 1. The van der Waals surface area contributed by atoms with Gasteiger partial charge in [-0.15, -0.1) is 0 Å². The van der Waals surface area contributed by atoms with Crippen molar-refractivity contribution in [3.8, 4) is 0 Å². The van der Waals surface area contributed by atoms with E-state index in [-0.39, 0.29) is 18.7 Å². The number of nitrogens with one attached hydrogen (secondary N) is 1. The van der Waals surface area contributed by atoms with Gasteiger partial charge in [-0.1, -0.05) is 0 Å². The maximum absolute atomic E-state index is 10.8. The first-order valence-corrected chi connectivity index (χ1v) is 4.89. The van der Waals surface area contributed by atoms with Gasteiger partial charge in [-0.05, 0) is 13.8 Å². The summed E-state index contributed by atoms with van der Waals surface area (Å²) in [6.07, 6.45) is -0.682. The van der Waals surface area contributed by atoms with Crippen molar-refractivity contribution in [1.29, 1.82) is 0 Å². The summed E-state index contributed by atoms with van der Waals surface area (Å²) in [4.78, 5) is 23.1. The lowest BCUT2D eigenvalue weighted by atomic mass is 10.2. The molecule has 0 aromatic rings. The summed E-state index contributed by atoms with van der Waals surface area (Å²) >= 11 is 0. The van der Waals surface area contributed by atoms with Crippen LogP contribution < -0.4 is 5.32 Å². The number of hydrogen-bond acceptors (Lipinski definition) is 4. The maximum Gasteiger partial charge on any atom is 0.407 e. The second-order valence-corrected chi connectivity index (χ2v) is 3.83. The van der Waals surface area contributed by atoms with Gasteiger partial charge in [0.15, 0.2) is 0 Å². The van der Waals surface area contributed by atoms with Crippen LogP contribution in [0.5, 0.6) is 0 Å². The number of carbonyl (C=O) groups excluding carboxylic acids is 1. The molecule has 1 heterocycles. The number of amides is 1. The van der Waals surface area contributed by atoms with Crippen LogP contribution in [0.4, 0.5) is 4.79 Å². The highest BCUT2D eigenvalue weighted by Crippen LogP contribution is 2.06. The summed E-state index contributed by atoms with van der Waals surface area (Å²) in [5, 5.41) is 11.2. The second kappa shape index (κ2) is 4.97. The molecule has 1 aliphatic rings. The molecule has 0 bridgehead atoms. The van der Waals surface area contributed by atoms with Gasteiger partial charge >= 0.3 is 12.1 Å². The Morgan fingerprint density at radius 1 is 1.73 bits per heavy atom. The van der Waals surface area contributed by atoms with E-state index >= 15 is 0 Å². The number of hydrogen-bond donors (Lipinski definition) is 2. The van der Waals surface area contributed by atoms with Crippen LogP contribution in [0.2, 0.25) is 0 Å². The van der Waals surface area contributed by atoms with Gasteiger partial charge < -0.3 is 15.2 Å². The van der Waals surface area contributed by atoms with E-state index < -0.39 is 12.1 Å². The molecule has 0 saturated carbocycles. The van der Waals surface area contributed by atoms with Gasteiger partial charge in [0.2, 0.25) is 0 Å². The first-order chi connectivity index (χ1) is 6.99. The fourth-order valence-corrected chi connectivity index (χ4v) is 1.43. The zero-order valence-corrected chi connectivity index (χ0v) is 8.90. The molecule has 1 aliphatic heterocycles. The molecule has 0 aromatic carbocycles. The van der Waals surface area contributed by atoms with Crippen LogP contribution in [0, 0.1) is 0 Å². The minimum absolute atomic E-state index is 0.0360. The normalized spacial score (nSPS) is 20.5. The molecular weight excluding hydrogens is 200 g/mol. The number of carboxylic acid groups (broad SMARTS) is 1. The number of cyclic esters (lactones) is 1. The molecule has 1 amide bonds. The minimum atomic E-state index is -0.874. The quantitative estimate of drug-likeness (QED) is 0.670. The fraction of sp³-hybridized carbons (Fsp3) is 0.778. The van der Waals surface area contributed by atoms with Crippen molar-refractivity contribution in [3.63, 3.8) is 0 Å². The van der Waals surface area contributed by atoms with E-state index in [4.69, 9.17) is 9.84 Å². The molecule has 0 spiro atoms. The first kappa shape index (κ1) is 11.8. The van der Waals surface area contributed by atoms with Crippen LogP contribution in [0.25, 0.3) is 0 Å². The molecule has 0 aromatic heterocycles. The van der Waals surface area contributed by atoms with E-state index in [1.165, 1.54) is 0 Å². The predicted molar refractivity (Wildman–Crippen MR) is 52.6 cm³/mol. The molecule has 1 fully saturated rings. The number of alkyl carbamates (subject to hydrolysis) is 1. The smallest absolute Gasteiger partial charge is 0.407 e. The van der Waals surface area contributed by atoms with E-state index in [1.54, 1.807) is 4.90 Å². The molecule has 6 nitrogen and oxygen atoms in total. The van der Waals surface area contributed by atoms with Gasteiger partial charge in [0.05, 0.1) is 13.1 Å². The maximum atomic E-state index is 10.8. The monoisotopic (exact) mass is 216 g/mol. The largest absolute Gasteiger partial charge is 0.480 e. The van der Waals surface area contributed by atoms with Crippen molar-refractivity contribution in [2.24, 2.45) is 0 Å². The van der Waals surface area contributed by atoms with E-state index in [1.807, 2.05) is 13.8 Å². The average Bonchev–Trinajstić information content (AvgIpc) is 2.49. The zero-order chi connectivity index (χ0) is 11.4. The van der Waals surface area contributed by atoms with Gasteiger partial charge in [0.1, 0.15) is 6.10 Å². The average molecular weight is 216 g/mol. The predicted octanol–water partition coefficient (Wildman–Crippen LogP) is -0.110. The Kier molecular flexibility index (Phi) is 3.90. The topological polar surface area (TPSA) is 78.9 Å². The van der Waals surface area contributed by atoms with Crippen molar-refractivity contribution in [2.45, 2.75) is 26.0 Å². The molecule has 1 saturated heterocycles. The third kappa shape index (κ3) is 3.75. The highest BCUT2D eigenvalue weighted by atomic mass is 16.6. The molecule has 1 atom stereocenters. The van der Waals surface area contributed by atoms with Gasteiger partial charge in [0.25, 0.3) is 0 Å². The van der Waals surface area contributed by atoms with Gasteiger partial charge in [-0.25, -0.2) is 4.79 Å². The van der Waals surface area contributed by atoms with E-state index in [2.05, 4.69) is 5.32 Å². The van der Waals surface area contributed by atoms with Crippen LogP contribution in [0.1, 0.15) is 13.8 Å². The van der Waals surface area contributed by atoms with E-state index in [9.17, 15) is 9.59 Å². The van der Waals surface area contributed by atoms with Crippen LogP contribution in [-0.2, 0) is 9.53 Å². The summed E-state index contributed by atoms with van der Waals surface area (Å²) in [5.41, 5.74) is 0. The molecule has 0 radical (unpaired) electrons. The molecule has 6 heteroatoms. The van der Waals surface area contributed by atoms with E-state index in [0.29, 0.717) is 13.1 Å². The SMILES string of the molecule is CC(C)N(CC(=O)O)CC1CNC(=O)O1. The number of aliphatic carboxylic acids is 1. The van der Waals surface area contributed by atoms with E-state index in [0.717, 1.165) is 0 Å². The number of carbonyl (C=O) groups is 2. The Morgan fingerprint density at radius 2 is 2.40 bits per heavy atom. The Labute approximate surface area is 88.2 Å².